The molecule has 22 heteroatoms. The topological polar surface area (TPSA) is 228 Å². The van der Waals surface area contributed by atoms with Gasteiger partial charge in [0.05, 0.1) is 78.6 Å². The van der Waals surface area contributed by atoms with Crippen molar-refractivity contribution in [2.24, 2.45) is 0 Å². The number of hydrogen-bond acceptors (Lipinski definition) is 16. The number of hydrogen-bond donors (Lipinski definition) is 0. The van der Waals surface area contributed by atoms with Crippen molar-refractivity contribution in [2.75, 3.05) is 29.4 Å². The lowest BCUT2D eigenvalue weighted by atomic mass is 9.30. The number of anilines is 18. The average molecular weight is 1810 g/mol. The van der Waals surface area contributed by atoms with E-state index in [1.165, 1.54) is 0 Å². The summed E-state index contributed by atoms with van der Waals surface area (Å²) in [5.74, 6) is 1.92. The van der Waals surface area contributed by atoms with Gasteiger partial charge in [0.25, 0.3) is 13.4 Å². The minimum absolute atomic E-state index is 0.219. The van der Waals surface area contributed by atoms with Crippen molar-refractivity contribution in [3.05, 3.63) is 408 Å². The molecule has 16 aromatic carbocycles. The van der Waals surface area contributed by atoms with Crippen molar-refractivity contribution < 1.29 is 9.47 Å². The molecule has 588 valence electrons. The summed E-state index contributed by atoms with van der Waals surface area (Å²) in [5, 5.41) is 85.5. The smallest absolute Gasteiger partial charge is 0.369 e. The van der Waals surface area contributed by atoms with Gasteiger partial charge in [-0.2, -0.15) is 42.1 Å². The number of fused-ring (bicyclic) bond motifs is 8. The summed E-state index contributed by atoms with van der Waals surface area (Å²) in [5.41, 5.74) is 21.6. The largest absolute Gasteiger partial charge is 0.457 e. The highest BCUT2D eigenvalue weighted by molar-refractivity contribution is 9.69. The molecule has 4 heterocycles. The summed E-state index contributed by atoms with van der Waals surface area (Å²) in [6.45, 7) is -0.825. The van der Waals surface area contributed by atoms with Crippen LogP contribution >= 0.6 is 47.3 Å². The van der Waals surface area contributed by atoms with Crippen molar-refractivity contribution in [3.63, 3.8) is 0 Å². The first-order chi connectivity index (χ1) is 62.0. The van der Waals surface area contributed by atoms with Crippen molar-refractivity contribution in [2.45, 2.75) is 0 Å². The molecule has 0 aromatic heterocycles. The first kappa shape index (κ1) is 80.5. The fourth-order valence-corrected chi connectivity index (χ4v) is 17.4. The molecule has 0 aliphatic carbocycles. The van der Waals surface area contributed by atoms with Crippen molar-refractivity contribution in [1.82, 2.24) is 0 Å². The van der Waals surface area contributed by atoms with Gasteiger partial charge in [-0.1, -0.05) is 194 Å². The van der Waals surface area contributed by atoms with Gasteiger partial charge < -0.3 is 38.9 Å². The molecule has 20 rings (SSSR count). The summed E-state index contributed by atoms with van der Waals surface area (Å²) in [7, 11) is 0. The molecule has 0 spiro atoms. The van der Waals surface area contributed by atoms with E-state index in [0.29, 0.717) is 96.2 Å². The molecule has 4 aliphatic heterocycles. The second-order valence-electron chi connectivity index (χ2n) is 29.4. The van der Waals surface area contributed by atoms with Gasteiger partial charge in [0.1, 0.15) is 71.6 Å². The van der Waals surface area contributed by atoms with Gasteiger partial charge in [-0.3, -0.25) is 0 Å². The third-order valence-electron chi connectivity index (χ3n) is 22.4. The Morgan fingerprint density at radius 2 is 0.603 bits per heavy atom. The zero-order chi connectivity index (χ0) is 86.5. The summed E-state index contributed by atoms with van der Waals surface area (Å²) >= 11 is 9.31. The predicted octanol–water partition coefficient (Wildman–Crippen LogP) is 23.2. The SMILES string of the molecule is BrB(Br)Br.N#Cc1cc(C#N)c(N(c2ccccc2)c2cccc(N(c3ccccc3)c3cc(N(c4ccccc4)c4ccccc4)c(C#N)cc3C#N)c2)cc1Oc1ccccc1.N#Cc1cc(C#N)c2c3c1Oc1ccccc1B3c1cc3c(cc1N2c1ccccc1)N(c1ccccc1)c1c(C#N)cc(C#N)c2c1B3c1ccccc1N2c1ccccc1. The normalized spacial score (nSPS) is 11.5. The second-order valence-corrected chi connectivity index (χ2v) is 35.8. The Balaban J connectivity index is 0.000000164. The molecule has 0 atom stereocenters. The van der Waals surface area contributed by atoms with Crippen LogP contribution in [0.2, 0.25) is 0 Å². The van der Waals surface area contributed by atoms with E-state index in [4.69, 9.17) is 9.47 Å². The zero-order valence-electron chi connectivity index (χ0n) is 66.6. The Morgan fingerprint density at radius 3 is 1.04 bits per heavy atom. The van der Waals surface area contributed by atoms with E-state index in [0.717, 1.165) is 95.3 Å². The van der Waals surface area contributed by atoms with Crippen LogP contribution in [-0.2, 0) is 0 Å². The maximum absolute atomic E-state index is 11.1. The van der Waals surface area contributed by atoms with E-state index in [2.05, 4.69) is 147 Å². The van der Waals surface area contributed by atoms with Crippen LogP contribution in [0.5, 0.6) is 23.0 Å². The fourth-order valence-electron chi connectivity index (χ4n) is 17.4. The third-order valence-corrected chi connectivity index (χ3v) is 22.4. The number of nitrogens with zero attached hydrogens (tertiary/aromatic N) is 14. The highest BCUT2D eigenvalue weighted by Gasteiger charge is 2.50. The maximum Gasteiger partial charge on any atom is 0.369 e. The molecule has 16 aromatic rings. The molecule has 4 aliphatic rings. The molecule has 16 nitrogen and oxygen atoms in total. The molecular weight excluding hydrogens is 1750 g/mol. The Hall–Kier alpha value is -16.5. The quantitative estimate of drug-likeness (QED) is 0.0922. The van der Waals surface area contributed by atoms with Crippen LogP contribution in [0.15, 0.2) is 364 Å². The first-order valence-corrected chi connectivity index (χ1v) is 42.6. The molecule has 0 saturated carbocycles. The molecule has 0 amide bonds. The standard InChI is InChI=1S/C52H27B2N7O.C52H33N7O.BBr3/c55-28-32-24-33(29-56)50-47-49(32)59(36-14-4-1-5-15-36)43-22-12-10-20-39(43)53(47)41-26-42-45(27-44(41)60(50)37-16-6-2-7-17-37)61(38-18-8-3-9-19-38)51-34(30-57)25-35(31-58)52-48(51)54(42)40-21-11-13-23-46(40)62-52;53-34-38-29-39(35-54)50(32-49(38)57(42-17-6-1-7-18-42)43-19-8-2-9-20-43)58(44-21-10-3-11-22-44)46-25-16-26-47(31-46)59(45-23-12-4-13-24-45)51-33-52(41(37-56)30-40(51)36-55)60-48-27-14-5-15-28-48;2-1(3)4/h1-27H;1-33H;. The Labute approximate surface area is 754 Å². The number of ether oxygens (including phenoxy) is 2. The van der Waals surface area contributed by atoms with Crippen LogP contribution in [0.3, 0.4) is 0 Å². The zero-order valence-corrected chi connectivity index (χ0v) is 71.3. The van der Waals surface area contributed by atoms with E-state index in [-0.39, 0.29) is 14.3 Å². The van der Waals surface area contributed by atoms with Crippen LogP contribution in [0.25, 0.3) is 0 Å². The van der Waals surface area contributed by atoms with E-state index in [1.54, 1.807) is 42.5 Å². The van der Waals surface area contributed by atoms with Crippen LogP contribution < -0.4 is 71.7 Å². The molecule has 0 bridgehead atoms. The van der Waals surface area contributed by atoms with Gasteiger partial charge in [-0.25, -0.2) is 0 Å². The summed E-state index contributed by atoms with van der Waals surface area (Å²) in [4.78, 5) is 12.4. The average Bonchev–Trinajstić information content (AvgIpc) is 0.679. The highest BCUT2D eigenvalue weighted by atomic mass is 79.9. The number of rotatable bonds is 14. The van der Waals surface area contributed by atoms with Gasteiger partial charge >= 0.3 is 3.18 Å². The third kappa shape index (κ3) is 14.7. The number of nitriles is 8. The van der Waals surface area contributed by atoms with Crippen molar-refractivity contribution in [3.8, 4) is 71.6 Å². The van der Waals surface area contributed by atoms with E-state index in [9.17, 15) is 42.1 Å². The number of halogens is 3. The minimum atomic E-state index is -0.420. The van der Waals surface area contributed by atoms with Gasteiger partial charge in [0.15, 0.2) is 0 Å². The van der Waals surface area contributed by atoms with Crippen LogP contribution in [0, 0.1) is 90.6 Å². The van der Waals surface area contributed by atoms with Crippen molar-refractivity contribution >= 4 is 199 Å². The predicted molar refractivity (Wildman–Crippen MR) is 514 cm³/mol. The van der Waals surface area contributed by atoms with Crippen LogP contribution in [0.1, 0.15) is 44.5 Å². The van der Waals surface area contributed by atoms with Gasteiger partial charge in [-0.05, 0) is 197 Å². The van der Waals surface area contributed by atoms with Gasteiger partial charge in [0, 0.05) is 74.3 Å². The first-order valence-electron chi connectivity index (χ1n) is 39.9. The highest BCUT2D eigenvalue weighted by Crippen LogP contribution is 2.52. The summed E-state index contributed by atoms with van der Waals surface area (Å²) in [6, 6.07) is 136. The van der Waals surface area contributed by atoms with E-state index in [1.807, 2.05) is 300 Å². The molecular formula is C104H60B3Br3N14O2. The Kier molecular flexibility index (Phi) is 22.5. The maximum atomic E-state index is 11.1. The van der Waals surface area contributed by atoms with Crippen LogP contribution in [0.4, 0.5) is 102 Å². The van der Waals surface area contributed by atoms with E-state index >= 15 is 0 Å². The van der Waals surface area contributed by atoms with E-state index < -0.39 is 13.4 Å². The lowest BCUT2D eigenvalue weighted by Crippen LogP contribution is -2.65. The van der Waals surface area contributed by atoms with Gasteiger partial charge in [0.2, 0.25) is 0 Å². The molecule has 0 N–H and O–H groups in total. The summed E-state index contributed by atoms with van der Waals surface area (Å²) < 4.78 is 13.2. The number of para-hydroxylation sites is 10. The lowest BCUT2D eigenvalue weighted by molar-refractivity contribution is 0.481. The molecule has 0 saturated heterocycles. The second kappa shape index (κ2) is 35.3. The Morgan fingerprint density at radius 1 is 0.278 bits per heavy atom. The molecule has 0 unspecified atom stereocenters. The van der Waals surface area contributed by atoms with Crippen molar-refractivity contribution in [1.29, 1.82) is 42.1 Å². The molecule has 0 fully saturated rings. The molecule has 126 heavy (non-hydrogen) atoms. The minimum Gasteiger partial charge on any atom is -0.457 e. The van der Waals surface area contributed by atoms with Crippen LogP contribution in [-0.4, -0.2) is 16.6 Å². The van der Waals surface area contributed by atoms with Gasteiger partial charge in [-0.15, -0.1) is 47.3 Å². The monoisotopic (exact) mass is 1810 g/mol. The number of benzene rings is 16. The fraction of sp³-hybridized carbons (Fsp3) is 0. The molecule has 0 radical (unpaired) electrons. The summed E-state index contributed by atoms with van der Waals surface area (Å²) in [6.07, 6.45) is 0. The Bertz CT molecular complexity index is 7280. The lowest BCUT2D eigenvalue weighted by Gasteiger charge is -2.46.